The second-order valence-corrected chi connectivity index (χ2v) is 7.24. The Hall–Kier alpha value is -0.430. The van der Waals surface area contributed by atoms with Gasteiger partial charge in [-0.1, -0.05) is 6.07 Å². The molecule has 0 bridgehead atoms. The third-order valence-corrected chi connectivity index (χ3v) is 6.14. The van der Waals surface area contributed by atoms with E-state index in [4.69, 9.17) is 0 Å². The van der Waals surface area contributed by atoms with Gasteiger partial charge in [0.25, 0.3) is 0 Å². The van der Waals surface area contributed by atoms with Gasteiger partial charge in [0.15, 0.2) is 0 Å². The molecule has 0 amide bonds. The van der Waals surface area contributed by atoms with Gasteiger partial charge in [0.1, 0.15) is 0 Å². The third-order valence-electron chi connectivity index (χ3n) is 3.21. The van der Waals surface area contributed by atoms with Crippen LogP contribution in [-0.2, 0) is 10.0 Å². The second kappa shape index (κ2) is 5.28. The minimum Gasteiger partial charge on any atom is -0.395 e. The van der Waals surface area contributed by atoms with E-state index in [9.17, 15) is 13.5 Å². The molecule has 0 saturated carbocycles. The topological polar surface area (TPSA) is 57.6 Å². The van der Waals surface area contributed by atoms with Crippen molar-refractivity contribution in [1.29, 1.82) is 0 Å². The highest BCUT2D eigenvalue weighted by Gasteiger charge is 2.35. The van der Waals surface area contributed by atoms with Crippen molar-refractivity contribution in [2.75, 3.05) is 13.2 Å². The maximum atomic E-state index is 12.5. The van der Waals surface area contributed by atoms with Gasteiger partial charge in [0.05, 0.1) is 11.5 Å². The summed E-state index contributed by atoms with van der Waals surface area (Å²) in [5.41, 5.74) is 1.00. The number of aliphatic hydroxyl groups excluding tert-OH is 1. The fraction of sp³-hybridized carbons (Fsp3) is 0.500. The van der Waals surface area contributed by atoms with Gasteiger partial charge < -0.3 is 5.11 Å². The summed E-state index contributed by atoms with van der Waals surface area (Å²) in [5.74, 6) is 0. The van der Waals surface area contributed by atoms with Gasteiger partial charge in [-0.05, 0) is 53.4 Å². The lowest BCUT2D eigenvalue weighted by Gasteiger charge is -2.23. The van der Waals surface area contributed by atoms with E-state index in [0.717, 1.165) is 18.4 Å². The summed E-state index contributed by atoms with van der Waals surface area (Å²) in [7, 11) is -3.52. The summed E-state index contributed by atoms with van der Waals surface area (Å²) >= 11 is 3.30. The molecule has 1 heterocycles. The summed E-state index contributed by atoms with van der Waals surface area (Å²) in [4.78, 5) is 0.272. The Morgan fingerprint density at radius 3 is 2.83 bits per heavy atom. The highest BCUT2D eigenvalue weighted by atomic mass is 79.9. The number of halogens is 1. The summed E-state index contributed by atoms with van der Waals surface area (Å²) < 4.78 is 27.0. The van der Waals surface area contributed by atoms with Gasteiger partial charge in [-0.3, -0.25) is 0 Å². The number of hydrogen-bond donors (Lipinski definition) is 1. The third kappa shape index (κ3) is 2.47. The number of nitrogens with zero attached hydrogens (tertiary/aromatic N) is 1. The Bertz CT molecular complexity index is 544. The minimum atomic E-state index is -3.52. The van der Waals surface area contributed by atoms with Crippen LogP contribution in [0.5, 0.6) is 0 Å². The Kier molecular flexibility index (Phi) is 4.11. The molecule has 1 aromatic rings. The fourth-order valence-corrected chi connectivity index (χ4v) is 5.09. The molecule has 1 saturated heterocycles. The van der Waals surface area contributed by atoms with Crippen LogP contribution in [0.3, 0.4) is 0 Å². The fourth-order valence-electron chi connectivity index (χ4n) is 2.25. The molecule has 1 aliphatic rings. The SMILES string of the molecule is Cc1ccc(S(=O)(=O)N2CCC[C@H]2CO)c(Br)c1. The highest BCUT2D eigenvalue weighted by molar-refractivity contribution is 9.10. The number of rotatable bonds is 3. The van der Waals surface area contributed by atoms with E-state index in [2.05, 4.69) is 15.9 Å². The van der Waals surface area contributed by atoms with Crippen LogP contribution in [0.25, 0.3) is 0 Å². The zero-order chi connectivity index (χ0) is 13.3. The van der Waals surface area contributed by atoms with Gasteiger partial charge in [0, 0.05) is 17.1 Å². The summed E-state index contributed by atoms with van der Waals surface area (Å²) in [6.45, 7) is 2.27. The Morgan fingerprint density at radius 2 is 2.22 bits per heavy atom. The number of hydrogen-bond acceptors (Lipinski definition) is 3. The van der Waals surface area contributed by atoms with Gasteiger partial charge in [-0.2, -0.15) is 4.31 Å². The van der Waals surface area contributed by atoms with Gasteiger partial charge >= 0.3 is 0 Å². The average Bonchev–Trinajstić information content (AvgIpc) is 2.76. The molecule has 100 valence electrons. The molecule has 1 fully saturated rings. The van der Waals surface area contributed by atoms with Crippen LogP contribution in [0, 0.1) is 6.92 Å². The first kappa shape index (κ1) is 14.0. The van der Waals surface area contributed by atoms with Crippen LogP contribution in [0.1, 0.15) is 18.4 Å². The van der Waals surface area contributed by atoms with Gasteiger partial charge in [0.2, 0.25) is 10.0 Å². The molecule has 0 aromatic heterocycles. The highest BCUT2D eigenvalue weighted by Crippen LogP contribution is 2.30. The van der Waals surface area contributed by atoms with E-state index in [1.165, 1.54) is 4.31 Å². The average molecular weight is 334 g/mol. The summed E-state index contributed by atoms with van der Waals surface area (Å²) in [6, 6.07) is 4.89. The summed E-state index contributed by atoms with van der Waals surface area (Å²) in [5, 5.41) is 9.24. The number of benzene rings is 1. The molecule has 4 nitrogen and oxygen atoms in total. The maximum absolute atomic E-state index is 12.5. The van der Waals surface area contributed by atoms with Crippen LogP contribution >= 0.6 is 15.9 Å². The van der Waals surface area contributed by atoms with Crippen LogP contribution in [0.2, 0.25) is 0 Å². The Balaban J connectivity index is 2.42. The molecular weight excluding hydrogens is 318 g/mol. The predicted molar refractivity (Wildman–Crippen MR) is 72.9 cm³/mol. The number of aliphatic hydroxyl groups is 1. The van der Waals surface area contributed by atoms with Crippen molar-refractivity contribution in [2.45, 2.75) is 30.7 Å². The molecule has 1 atom stereocenters. The van der Waals surface area contributed by atoms with E-state index in [1.807, 2.05) is 6.92 Å². The minimum absolute atomic E-state index is 0.122. The lowest BCUT2D eigenvalue weighted by atomic mass is 10.2. The van der Waals surface area contributed by atoms with Crippen LogP contribution in [0.15, 0.2) is 27.6 Å². The van der Waals surface area contributed by atoms with E-state index >= 15 is 0 Å². The molecule has 2 rings (SSSR count). The monoisotopic (exact) mass is 333 g/mol. The standard InChI is InChI=1S/C12H16BrNO3S/c1-9-4-5-12(11(13)7-9)18(16,17)14-6-2-3-10(14)8-15/h4-5,7,10,15H,2-3,6,8H2,1H3/t10-/m0/s1. The van der Waals surface area contributed by atoms with Crippen molar-refractivity contribution < 1.29 is 13.5 Å². The molecule has 1 N–H and O–H groups in total. The van der Waals surface area contributed by atoms with Gasteiger partial charge in [-0.15, -0.1) is 0 Å². The first-order valence-electron chi connectivity index (χ1n) is 5.85. The quantitative estimate of drug-likeness (QED) is 0.919. The van der Waals surface area contributed by atoms with Crippen LogP contribution < -0.4 is 0 Å². The molecular formula is C12H16BrNO3S. The molecule has 0 radical (unpaired) electrons. The smallest absolute Gasteiger partial charge is 0.244 e. The first-order valence-corrected chi connectivity index (χ1v) is 8.09. The molecule has 6 heteroatoms. The van der Waals surface area contributed by atoms with E-state index < -0.39 is 10.0 Å². The first-order chi connectivity index (χ1) is 8.46. The molecule has 0 aliphatic carbocycles. The maximum Gasteiger partial charge on any atom is 0.244 e. The number of sulfonamides is 1. The van der Waals surface area contributed by atoms with Crippen molar-refractivity contribution in [1.82, 2.24) is 4.31 Å². The van der Waals surface area contributed by atoms with Crippen molar-refractivity contribution in [3.63, 3.8) is 0 Å². The van der Waals surface area contributed by atoms with Crippen molar-refractivity contribution in [2.24, 2.45) is 0 Å². The Labute approximate surface area is 116 Å². The van der Waals surface area contributed by atoms with E-state index in [-0.39, 0.29) is 17.5 Å². The molecule has 18 heavy (non-hydrogen) atoms. The molecule has 0 spiro atoms. The molecule has 1 aliphatic heterocycles. The lowest BCUT2D eigenvalue weighted by molar-refractivity contribution is 0.213. The van der Waals surface area contributed by atoms with Crippen LogP contribution in [0.4, 0.5) is 0 Å². The van der Waals surface area contributed by atoms with Crippen LogP contribution in [-0.4, -0.2) is 37.0 Å². The molecule has 0 unspecified atom stereocenters. The van der Waals surface area contributed by atoms with Gasteiger partial charge in [-0.25, -0.2) is 8.42 Å². The number of aryl methyl sites for hydroxylation is 1. The predicted octanol–water partition coefficient (Wildman–Crippen LogP) is 1.90. The largest absolute Gasteiger partial charge is 0.395 e. The second-order valence-electron chi connectivity index (χ2n) is 4.53. The van der Waals surface area contributed by atoms with E-state index in [1.54, 1.807) is 18.2 Å². The zero-order valence-electron chi connectivity index (χ0n) is 10.1. The zero-order valence-corrected chi connectivity index (χ0v) is 12.5. The summed E-state index contributed by atoms with van der Waals surface area (Å²) in [6.07, 6.45) is 1.52. The van der Waals surface area contributed by atoms with E-state index in [0.29, 0.717) is 11.0 Å². The lowest BCUT2D eigenvalue weighted by Crippen LogP contribution is -2.37. The Morgan fingerprint density at radius 1 is 1.50 bits per heavy atom. The van der Waals surface area contributed by atoms with Crippen molar-refractivity contribution in [3.8, 4) is 0 Å². The molecule has 1 aromatic carbocycles. The van der Waals surface area contributed by atoms with Crippen molar-refractivity contribution in [3.05, 3.63) is 28.2 Å². The van der Waals surface area contributed by atoms with Crippen molar-refractivity contribution >= 4 is 26.0 Å². The normalized spacial score (nSPS) is 21.4.